The molecule has 37 heavy (non-hydrogen) atoms. The summed E-state index contributed by atoms with van der Waals surface area (Å²) in [4.78, 5) is 34.1. The number of methoxy groups -OCH3 is 2. The number of carbonyl (C=O) groups is 1. The lowest BCUT2D eigenvalue weighted by molar-refractivity contribution is 0.189. The van der Waals surface area contributed by atoms with E-state index >= 15 is 0 Å². The Morgan fingerprint density at radius 3 is 2.46 bits per heavy atom. The molecule has 0 aliphatic rings. The summed E-state index contributed by atoms with van der Waals surface area (Å²) in [5, 5.41) is 3.45. The second kappa shape index (κ2) is 11.2. The van der Waals surface area contributed by atoms with Crippen molar-refractivity contribution in [2.45, 2.75) is 33.2 Å². The van der Waals surface area contributed by atoms with Crippen LogP contribution in [0.1, 0.15) is 37.7 Å². The molecule has 0 fully saturated rings. The molecule has 0 bridgehead atoms. The Balaban J connectivity index is 1.88. The van der Waals surface area contributed by atoms with Gasteiger partial charge in [0.1, 0.15) is 17.3 Å². The van der Waals surface area contributed by atoms with E-state index in [2.05, 4.69) is 5.32 Å². The van der Waals surface area contributed by atoms with E-state index in [4.69, 9.17) is 14.5 Å². The van der Waals surface area contributed by atoms with Crippen LogP contribution in [0.25, 0.3) is 16.6 Å². The Morgan fingerprint density at radius 1 is 1.03 bits per heavy atom. The summed E-state index contributed by atoms with van der Waals surface area (Å²) in [6, 6.07) is 19.3. The van der Waals surface area contributed by atoms with Crippen molar-refractivity contribution in [2.75, 3.05) is 26.1 Å². The van der Waals surface area contributed by atoms with Crippen LogP contribution in [-0.2, 0) is 0 Å². The molecule has 192 valence electrons. The maximum absolute atomic E-state index is 13.9. The third-order valence-corrected chi connectivity index (χ3v) is 6.29. The van der Waals surface area contributed by atoms with Crippen LogP contribution >= 0.6 is 0 Å². The quantitative estimate of drug-likeness (QED) is 0.335. The topological polar surface area (TPSA) is 85.7 Å². The number of nitrogens with one attached hydrogen (secondary N) is 1. The van der Waals surface area contributed by atoms with Gasteiger partial charge in [-0.1, -0.05) is 37.3 Å². The Hall–Kier alpha value is -4.33. The van der Waals surface area contributed by atoms with E-state index in [-0.39, 0.29) is 11.6 Å². The first-order valence-electron chi connectivity index (χ1n) is 12.3. The van der Waals surface area contributed by atoms with Crippen molar-refractivity contribution >= 4 is 22.6 Å². The van der Waals surface area contributed by atoms with Crippen molar-refractivity contribution in [1.29, 1.82) is 0 Å². The molecule has 0 aliphatic carbocycles. The number of hydrogen-bond donors (Lipinski definition) is 1. The second-order valence-electron chi connectivity index (χ2n) is 8.80. The van der Waals surface area contributed by atoms with Crippen LogP contribution in [0.3, 0.4) is 0 Å². The van der Waals surface area contributed by atoms with Gasteiger partial charge in [0.2, 0.25) is 0 Å². The third-order valence-electron chi connectivity index (χ3n) is 6.29. The molecule has 4 rings (SSSR count). The molecular formula is C29H32N4O4. The van der Waals surface area contributed by atoms with E-state index in [1.165, 1.54) is 0 Å². The largest absolute Gasteiger partial charge is 0.495 e. The van der Waals surface area contributed by atoms with Gasteiger partial charge in [-0.05, 0) is 62.2 Å². The molecule has 2 amide bonds. The molecule has 3 aromatic carbocycles. The summed E-state index contributed by atoms with van der Waals surface area (Å²) < 4.78 is 12.6. The number of aryl methyl sites for hydroxylation is 1. The van der Waals surface area contributed by atoms with Crippen LogP contribution in [0.4, 0.5) is 10.5 Å². The Morgan fingerprint density at radius 2 is 1.73 bits per heavy atom. The molecule has 1 unspecified atom stereocenters. The molecule has 1 N–H and O–H groups in total. The number of rotatable bonds is 8. The van der Waals surface area contributed by atoms with Gasteiger partial charge in [0.25, 0.3) is 5.56 Å². The second-order valence-corrected chi connectivity index (χ2v) is 8.80. The molecule has 0 spiro atoms. The van der Waals surface area contributed by atoms with Crippen LogP contribution in [-0.4, -0.2) is 41.2 Å². The van der Waals surface area contributed by atoms with Crippen molar-refractivity contribution in [2.24, 2.45) is 0 Å². The lowest BCUT2D eigenvalue weighted by Gasteiger charge is -2.31. The van der Waals surface area contributed by atoms with Gasteiger partial charge in [0.15, 0.2) is 0 Å². The van der Waals surface area contributed by atoms with Crippen molar-refractivity contribution in [1.82, 2.24) is 14.5 Å². The summed E-state index contributed by atoms with van der Waals surface area (Å²) in [5.41, 5.74) is 2.45. The van der Waals surface area contributed by atoms with Crippen molar-refractivity contribution in [3.63, 3.8) is 0 Å². The van der Waals surface area contributed by atoms with Crippen molar-refractivity contribution in [3.05, 3.63) is 88.5 Å². The predicted octanol–water partition coefficient (Wildman–Crippen LogP) is 5.72. The number of nitrogens with zero attached hydrogens (tertiary/aromatic N) is 3. The van der Waals surface area contributed by atoms with Gasteiger partial charge in [-0.25, -0.2) is 9.78 Å². The molecule has 0 aliphatic heterocycles. The summed E-state index contributed by atoms with van der Waals surface area (Å²) in [7, 11) is 3.13. The number of ether oxygens (including phenoxy) is 2. The van der Waals surface area contributed by atoms with Gasteiger partial charge in [-0.3, -0.25) is 9.36 Å². The Bertz CT molecular complexity index is 1480. The minimum absolute atomic E-state index is 0.224. The standard InChI is InChI=1S/C29H32N4O4/c1-6-17-32(29(35)31-23-13-9-10-14-25(23)36-4)20(3)27-30-22-12-8-7-11-21(22)28(34)33(27)24-18-19(2)15-16-26(24)37-5/h7-16,18,20H,6,17H2,1-5H3,(H,31,35). The highest BCUT2D eigenvalue weighted by molar-refractivity contribution is 5.91. The average molecular weight is 501 g/mol. The van der Waals surface area contributed by atoms with Crippen molar-refractivity contribution < 1.29 is 14.3 Å². The maximum Gasteiger partial charge on any atom is 0.322 e. The Labute approximate surface area is 216 Å². The molecule has 0 radical (unpaired) electrons. The number of anilines is 1. The predicted molar refractivity (Wildman–Crippen MR) is 146 cm³/mol. The number of amides is 2. The number of para-hydroxylation sites is 3. The molecule has 1 atom stereocenters. The fourth-order valence-corrected chi connectivity index (χ4v) is 4.42. The molecule has 1 heterocycles. The van der Waals surface area contributed by atoms with E-state index in [1.54, 1.807) is 41.9 Å². The van der Waals surface area contributed by atoms with Crippen LogP contribution in [0, 0.1) is 6.92 Å². The molecule has 0 saturated heterocycles. The summed E-state index contributed by atoms with van der Waals surface area (Å²) in [5.74, 6) is 1.54. The molecule has 8 nitrogen and oxygen atoms in total. The van der Waals surface area contributed by atoms with Gasteiger partial charge in [0, 0.05) is 6.54 Å². The molecule has 0 saturated carbocycles. The number of benzene rings is 3. The van der Waals surface area contributed by atoms with E-state index in [0.29, 0.717) is 46.1 Å². The van der Waals surface area contributed by atoms with Gasteiger partial charge in [-0.2, -0.15) is 0 Å². The van der Waals surface area contributed by atoms with Crippen molar-refractivity contribution in [3.8, 4) is 17.2 Å². The zero-order valence-electron chi connectivity index (χ0n) is 21.8. The van der Waals surface area contributed by atoms with E-state index < -0.39 is 6.04 Å². The first kappa shape index (κ1) is 25.8. The number of carbonyl (C=O) groups excluding carboxylic acids is 1. The first-order valence-corrected chi connectivity index (χ1v) is 12.3. The molecular weight excluding hydrogens is 468 g/mol. The van der Waals surface area contributed by atoms with Crippen LogP contribution in [0.5, 0.6) is 11.5 Å². The highest BCUT2D eigenvalue weighted by atomic mass is 16.5. The lowest BCUT2D eigenvalue weighted by atomic mass is 10.1. The minimum atomic E-state index is -0.544. The lowest BCUT2D eigenvalue weighted by Crippen LogP contribution is -2.40. The summed E-state index contributed by atoms with van der Waals surface area (Å²) in [6.45, 7) is 6.29. The van der Waals surface area contributed by atoms with Gasteiger partial charge in [-0.15, -0.1) is 0 Å². The summed E-state index contributed by atoms with van der Waals surface area (Å²) in [6.07, 6.45) is 0.718. The number of urea groups is 1. The number of aromatic nitrogens is 2. The molecule has 8 heteroatoms. The van der Waals surface area contributed by atoms with Crippen LogP contribution in [0.15, 0.2) is 71.5 Å². The van der Waals surface area contributed by atoms with E-state index in [9.17, 15) is 9.59 Å². The normalized spacial score (nSPS) is 11.7. The van der Waals surface area contributed by atoms with Crippen LogP contribution < -0.4 is 20.3 Å². The van der Waals surface area contributed by atoms with E-state index in [0.717, 1.165) is 12.0 Å². The number of hydrogen-bond acceptors (Lipinski definition) is 5. The fraction of sp³-hybridized carbons (Fsp3) is 0.276. The monoisotopic (exact) mass is 500 g/mol. The molecule has 4 aromatic rings. The Kier molecular flexibility index (Phi) is 7.77. The van der Waals surface area contributed by atoms with Gasteiger partial charge < -0.3 is 19.7 Å². The maximum atomic E-state index is 13.9. The number of fused-ring (bicyclic) bond motifs is 1. The van der Waals surface area contributed by atoms with Gasteiger partial charge in [0.05, 0.1) is 42.5 Å². The third kappa shape index (κ3) is 5.14. The van der Waals surface area contributed by atoms with Gasteiger partial charge >= 0.3 is 6.03 Å². The smallest absolute Gasteiger partial charge is 0.322 e. The zero-order chi connectivity index (χ0) is 26.5. The first-order chi connectivity index (χ1) is 17.9. The highest BCUT2D eigenvalue weighted by Gasteiger charge is 2.28. The minimum Gasteiger partial charge on any atom is -0.495 e. The summed E-state index contributed by atoms with van der Waals surface area (Å²) >= 11 is 0. The fourth-order valence-electron chi connectivity index (χ4n) is 4.42. The molecule has 1 aromatic heterocycles. The van der Waals surface area contributed by atoms with E-state index in [1.807, 2.05) is 69.3 Å². The SMILES string of the molecule is CCCN(C(=O)Nc1ccccc1OC)C(C)c1nc2ccccc2c(=O)n1-c1cc(C)ccc1OC. The average Bonchev–Trinajstić information content (AvgIpc) is 2.91. The highest BCUT2D eigenvalue weighted by Crippen LogP contribution is 2.30. The van der Waals surface area contributed by atoms with Crippen LogP contribution in [0.2, 0.25) is 0 Å². The zero-order valence-corrected chi connectivity index (χ0v) is 21.8.